The lowest BCUT2D eigenvalue weighted by Crippen LogP contribution is -2.22. The summed E-state index contributed by atoms with van der Waals surface area (Å²) in [7, 11) is -2.84. The van der Waals surface area contributed by atoms with Crippen LogP contribution in [0.3, 0.4) is 0 Å². The molecule has 4 nitrogen and oxygen atoms in total. The van der Waals surface area contributed by atoms with Crippen molar-refractivity contribution in [3.05, 3.63) is 29.8 Å². The van der Waals surface area contributed by atoms with Crippen molar-refractivity contribution < 1.29 is 8.42 Å². The van der Waals surface area contributed by atoms with E-state index in [0.29, 0.717) is 6.42 Å². The zero-order valence-corrected chi connectivity index (χ0v) is 13.0. The first-order valence-electron chi connectivity index (χ1n) is 7.27. The lowest BCUT2D eigenvalue weighted by Gasteiger charge is -2.21. The molecule has 1 aromatic rings. The van der Waals surface area contributed by atoms with Crippen molar-refractivity contribution in [2.45, 2.75) is 25.8 Å². The van der Waals surface area contributed by atoms with Crippen LogP contribution >= 0.6 is 0 Å². The molecule has 0 aromatic heterocycles. The second kappa shape index (κ2) is 7.09. The second-order valence-corrected chi connectivity index (χ2v) is 7.74. The first-order chi connectivity index (χ1) is 9.56. The molecular formula is C15H24N2O2S. The number of rotatable bonds is 7. The van der Waals surface area contributed by atoms with Crippen LogP contribution in [0.1, 0.15) is 24.8 Å². The lowest BCUT2D eigenvalue weighted by molar-refractivity contribution is 0.594. The molecule has 1 heterocycles. The fourth-order valence-electron chi connectivity index (χ4n) is 2.61. The van der Waals surface area contributed by atoms with Crippen LogP contribution in [0.2, 0.25) is 0 Å². The van der Waals surface area contributed by atoms with E-state index in [1.807, 2.05) is 0 Å². The number of anilines is 1. The molecule has 1 aromatic carbocycles. The molecule has 0 saturated carbocycles. The highest BCUT2D eigenvalue weighted by molar-refractivity contribution is 7.90. The van der Waals surface area contributed by atoms with E-state index >= 15 is 0 Å². The molecule has 0 bridgehead atoms. The van der Waals surface area contributed by atoms with Crippen LogP contribution in [0.25, 0.3) is 0 Å². The third-order valence-corrected chi connectivity index (χ3v) is 4.65. The van der Waals surface area contributed by atoms with Gasteiger partial charge in [0.25, 0.3) is 0 Å². The summed E-state index contributed by atoms with van der Waals surface area (Å²) < 4.78 is 22.1. The van der Waals surface area contributed by atoms with E-state index in [1.165, 1.54) is 30.3 Å². The van der Waals surface area contributed by atoms with Crippen LogP contribution in [-0.4, -0.2) is 40.1 Å². The molecule has 2 rings (SSSR count). The molecule has 112 valence electrons. The Balaban J connectivity index is 1.83. The molecule has 1 aliphatic heterocycles. The fourth-order valence-corrected chi connectivity index (χ4v) is 3.28. The molecule has 0 radical (unpaired) electrons. The van der Waals surface area contributed by atoms with Crippen molar-refractivity contribution in [3.63, 3.8) is 0 Å². The first-order valence-corrected chi connectivity index (χ1v) is 9.33. The SMILES string of the molecule is CS(=O)(=O)CCCNCc1ccccc1N1CCCC1. The Kier molecular flexibility index (Phi) is 5.43. The van der Waals surface area contributed by atoms with Crippen molar-refractivity contribution in [1.82, 2.24) is 5.32 Å². The Hall–Kier alpha value is -1.07. The highest BCUT2D eigenvalue weighted by Crippen LogP contribution is 2.24. The molecule has 0 spiro atoms. The summed E-state index contributed by atoms with van der Waals surface area (Å²) in [6.07, 6.45) is 4.51. The van der Waals surface area contributed by atoms with Gasteiger partial charge in [-0.25, -0.2) is 8.42 Å². The number of sulfone groups is 1. The average Bonchev–Trinajstić information content (AvgIpc) is 2.91. The third-order valence-electron chi connectivity index (χ3n) is 3.62. The minimum absolute atomic E-state index is 0.258. The topological polar surface area (TPSA) is 49.4 Å². The zero-order chi connectivity index (χ0) is 14.4. The van der Waals surface area contributed by atoms with Crippen molar-refractivity contribution in [3.8, 4) is 0 Å². The Labute approximate surface area is 122 Å². The summed E-state index contributed by atoms with van der Waals surface area (Å²) in [5, 5.41) is 3.35. The van der Waals surface area contributed by atoms with Gasteiger partial charge >= 0.3 is 0 Å². The molecule has 0 aliphatic carbocycles. The maximum absolute atomic E-state index is 11.1. The number of benzene rings is 1. The molecule has 20 heavy (non-hydrogen) atoms. The second-order valence-electron chi connectivity index (χ2n) is 5.48. The quantitative estimate of drug-likeness (QED) is 0.780. The van der Waals surface area contributed by atoms with Gasteiger partial charge in [0.15, 0.2) is 0 Å². The highest BCUT2D eigenvalue weighted by atomic mass is 32.2. The van der Waals surface area contributed by atoms with E-state index in [0.717, 1.165) is 26.2 Å². The molecule has 5 heteroatoms. The predicted molar refractivity (Wildman–Crippen MR) is 83.9 cm³/mol. The van der Waals surface area contributed by atoms with Gasteiger partial charge in [-0.1, -0.05) is 18.2 Å². The van der Waals surface area contributed by atoms with E-state index in [-0.39, 0.29) is 5.75 Å². The normalized spacial score (nSPS) is 15.8. The van der Waals surface area contributed by atoms with Crippen LogP contribution in [0, 0.1) is 0 Å². The van der Waals surface area contributed by atoms with E-state index in [9.17, 15) is 8.42 Å². The van der Waals surface area contributed by atoms with Crippen molar-refractivity contribution in [2.75, 3.05) is 36.5 Å². The smallest absolute Gasteiger partial charge is 0.147 e. The summed E-state index contributed by atoms with van der Waals surface area (Å²) in [6, 6.07) is 8.48. The molecule has 0 amide bonds. The summed E-state index contributed by atoms with van der Waals surface area (Å²) in [5.74, 6) is 0.258. The van der Waals surface area contributed by atoms with Crippen molar-refractivity contribution in [1.29, 1.82) is 0 Å². The maximum atomic E-state index is 11.1. The van der Waals surface area contributed by atoms with Gasteiger partial charge in [0.1, 0.15) is 9.84 Å². The largest absolute Gasteiger partial charge is 0.371 e. The fraction of sp³-hybridized carbons (Fsp3) is 0.600. The van der Waals surface area contributed by atoms with E-state index in [2.05, 4.69) is 34.5 Å². The highest BCUT2D eigenvalue weighted by Gasteiger charge is 2.14. The lowest BCUT2D eigenvalue weighted by atomic mass is 10.1. The standard InChI is InChI=1S/C15H24N2O2S/c1-20(18,19)12-6-9-16-13-14-7-2-3-8-15(14)17-10-4-5-11-17/h2-3,7-8,16H,4-6,9-13H2,1H3. The molecular weight excluding hydrogens is 272 g/mol. The molecule has 1 aliphatic rings. The van der Waals surface area contributed by atoms with Gasteiger partial charge in [0, 0.05) is 31.6 Å². The van der Waals surface area contributed by atoms with Gasteiger partial charge in [-0.2, -0.15) is 0 Å². The van der Waals surface area contributed by atoms with Gasteiger partial charge in [0.05, 0.1) is 5.75 Å². The van der Waals surface area contributed by atoms with E-state index in [1.54, 1.807) is 0 Å². The molecule has 1 fully saturated rings. The predicted octanol–water partition coefficient (Wildman–Crippen LogP) is 1.81. The van der Waals surface area contributed by atoms with Crippen LogP contribution in [0.5, 0.6) is 0 Å². The van der Waals surface area contributed by atoms with Crippen LogP contribution in [0.4, 0.5) is 5.69 Å². The summed E-state index contributed by atoms with van der Waals surface area (Å²) in [5.41, 5.74) is 2.62. The van der Waals surface area contributed by atoms with Gasteiger partial charge in [-0.05, 0) is 37.4 Å². The molecule has 0 atom stereocenters. The Morgan fingerprint density at radius 2 is 1.90 bits per heavy atom. The first kappa shape index (κ1) is 15.3. The Bertz CT molecular complexity index is 522. The monoisotopic (exact) mass is 296 g/mol. The average molecular weight is 296 g/mol. The maximum Gasteiger partial charge on any atom is 0.147 e. The number of nitrogens with one attached hydrogen (secondary N) is 1. The summed E-state index contributed by atoms with van der Waals surface area (Å²) in [6.45, 7) is 3.83. The Morgan fingerprint density at radius 1 is 1.20 bits per heavy atom. The minimum atomic E-state index is -2.84. The van der Waals surface area contributed by atoms with E-state index in [4.69, 9.17) is 0 Å². The molecule has 1 saturated heterocycles. The number of hydrogen-bond acceptors (Lipinski definition) is 4. The van der Waals surface area contributed by atoms with Gasteiger partial charge in [-0.15, -0.1) is 0 Å². The van der Waals surface area contributed by atoms with Gasteiger partial charge in [0.2, 0.25) is 0 Å². The van der Waals surface area contributed by atoms with Crippen molar-refractivity contribution >= 4 is 15.5 Å². The van der Waals surface area contributed by atoms with Gasteiger partial charge < -0.3 is 10.2 Å². The Morgan fingerprint density at radius 3 is 2.60 bits per heavy atom. The van der Waals surface area contributed by atoms with Gasteiger partial charge in [-0.3, -0.25) is 0 Å². The van der Waals surface area contributed by atoms with Crippen LogP contribution in [-0.2, 0) is 16.4 Å². The number of hydrogen-bond donors (Lipinski definition) is 1. The van der Waals surface area contributed by atoms with E-state index < -0.39 is 9.84 Å². The molecule has 0 unspecified atom stereocenters. The van der Waals surface area contributed by atoms with Crippen LogP contribution < -0.4 is 10.2 Å². The zero-order valence-electron chi connectivity index (χ0n) is 12.1. The minimum Gasteiger partial charge on any atom is -0.371 e. The number of nitrogens with zero attached hydrogens (tertiary/aromatic N) is 1. The summed E-state index contributed by atoms with van der Waals surface area (Å²) >= 11 is 0. The third kappa shape index (κ3) is 4.80. The van der Waals surface area contributed by atoms with Crippen molar-refractivity contribution in [2.24, 2.45) is 0 Å². The van der Waals surface area contributed by atoms with Crippen LogP contribution in [0.15, 0.2) is 24.3 Å². The molecule has 1 N–H and O–H groups in total. The number of para-hydroxylation sites is 1. The summed E-state index contributed by atoms with van der Waals surface area (Å²) in [4.78, 5) is 2.44.